The molecule has 358 valence electrons. The van der Waals surface area contributed by atoms with Crippen LogP contribution in [0.25, 0.3) is 33.3 Å². The molecule has 3 aliphatic heterocycles. The van der Waals surface area contributed by atoms with Crippen LogP contribution >= 0.6 is 0 Å². The van der Waals surface area contributed by atoms with Crippen LogP contribution in [0.3, 0.4) is 0 Å². The highest BCUT2D eigenvalue weighted by Gasteiger charge is 2.48. The first-order valence-corrected chi connectivity index (χ1v) is 24.1. The number of carbonyl (C=O) groups excluding carboxylic acids is 5. The van der Waals surface area contributed by atoms with E-state index in [1.54, 1.807) is 26.2 Å². The Labute approximate surface area is 394 Å². The predicted octanol–water partition coefficient (Wildman–Crippen LogP) is 5.56. The molecule has 0 radical (unpaired) electrons. The lowest BCUT2D eigenvalue weighted by Gasteiger charge is -2.37. The molecule has 3 fully saturated rings. The third-order valence-electron chi connectivity index (χ3n) is 14.2. The van der Waals surface area contributed by atoms with Crippen molar-refractivity contribution in [3.63, 3.8) is 0 Å². The first-order chi connectivity index (χ1) is 31.8. The molecule has 1 saturated carbocycles. The molecule has 2 aromatic heterocycles. The molecule has 4 amide bonds. The molecule has 6 bridgehead atoms. The van der Waals surface area contributed by atoms with Crippen LogP contribution in [0.1, 0.15) is 96.9 Å². The van der Waals surface area contributed by atoms with Gasteiger partial charge in [-0.05, 0) is 110 Å². The number of nitrogens with zero attached hydrogens (tertiary/aromatic N) is 5. The van der Waals surface area contributed by atoms with Gasteiger partial charge in [-0.15, -0.1) is 0 Å². The number of aryl methyl sites for hydroxylation is 1. The van der Waals surface area contributed by atoms with Gasteiger partial charge >= 0.3 is 5.97 Å². The number of esters is 1. The fourth-order valence-electron chi connectivity index (χ4n) is 10.7. The summed E-state index contributed by atoms with van der Waals surface area (Å²) in [4.78, 5) is 77.9. The molecule has 67 heavy (non-hydrogen) atoms. The van der Waals surface area contributed by atoms with Crippen LogP contribution in [0.4, 0.5) is 0 Å². The zero-order chi connectivity index (χ0) is 48.1. The lowest BCUT2D eigenvalue weighted by Crippen LogP contribution is -2.62. The van der Waals surface area contributed by atoms with Crippen LogP contribution in [0.15, 0.2) is 54.7 Å². The molecular formula is C52H68N8O7. The molecule has 2 saturated heterocycles. The summed E-state index contributed by atoms with van der Waals surface area (Å²) in [7, 11) is 3.17. The van der Waals surface area contributed by atoms with Crippen LogP contribution in [-0.4, -0.2) is 123 Å². The number of aromatic nitrogens is 2. The molecule has 0 unspecified atom stereocenters. The van der Waals surface area contributed by atoms with E-state index in [9.17, 15) is 29.1 Å². The second-order valence-electron chi connectivity index (χ2n) is 20.7. The Bertz CT molecular complexity index is 2560. The van der Waals surface area contributed by atoms with Gasteiger partial charge in [0, 0.05) is 79.7 Å². The Morgan fingerprint density at radius 1 is 1.01 bits per heavy atom. The molecule has 4 N–H and O–H groups in total. The van der Waals surface area contributed by atoms with Gasteiger partial charge in [-0.25, -0.2) is 5.43 Å². The van der Waals surface area contributed by atoms with E-state index >= 15 is 0 Å². The van der Waals surface area contributed by atoms with Gasteiger partial charge in [0.25, 0.3) is 5.91 Å². The molecule has 4 aliphatic rings. The predicted molar refractivity (Wildman–Crippen MR) is 256 cm³/mol. The lowest BCUT2D eigenvalue weighted by molar-refractivity contribution is -0.155. The van der Waals surface area contributed by atoms with Gasteiger partial charge in [0.15, 0.2) is 0 Å². The fraction of sp³-hybridized carbons (Fsp3) is 0.538. The number of fused-ring (bicyclic) bond motifs is 7. The van der Waals surface area contributed by atoms with Crippen molar-refractivity contribution in [2.24, 2.45) is 17.3 Å². The van der Waals surface area contributed by atoms with Crippen molar-refractivity contribution in [1.82, 2.24) is 40.4 Å². The average Bonchev–Trinajstić information content (AvgIpc) is 3.78. The Morgan fingerprint density at radius 2 is 1.76 bits per heavy atom. The molecule has 8 rings (SSSR count). The maximum Gasteiger partial charge on any atom is 0.324 e. The molecule has 6 atom stereocenters. The van der Waals surface area contributed by atoms with Crippen LogP contribution in [-0.2, 0) is 48.1 Å². The molecular weight excluding hydrogens is 849 g/mol. The van der Waals surface area contributed by atoms with Crippen molar-refractivity contribution < 1.29 is 33.8 Å². The van der Waals surface area contributed by atoms with Crippen molar-refractivity contribution in [2.45, 2.75) is 130 Å². The highest BCUT2D eigenvalue weighted by Crippen LogP contribution is 2.42. The summed E-state index contributed by atoms with van der Waals surface area (Å²) in [5.74, 6) is -2.29. The van der Waals surface area contributed by atoms with Crippen LogP contribution in [0.5, 0.6) is 5.75 Å². The average molecular weight is 917 g/mol. The van der Waals surface area contributed by atoms with E-state index in [4.69, 9.17) is 9.72 Å². The molecule has 1 aliphatic carbocycles. The lowest BCUT2D eigenvalue weighted by atomic mass is 9.83. The molecule has 5 heterocycles. The van der Waals surface area contributed by atoms with E-state index < -0.39 is 47.2 Å². The van der Waals surface area contributed by atoms with Gasteiger partial charge < -0.3 is 34.8 Å². The summed E-state index contributed by atoms with van der Waals surface area (Å²) < 4.78 is 8.45. The molecule has 15 heteroatoms. The van der Waals surface area contributed by atoms with Gasteiger partial charge in [-0.3, -0.25) is 34.0 Å². The number of ether oxygens (including phenoxy) is 1. The maximum atomic E-state index is 14.7. The SMILES string of the molecule is CCn1c(-c2cccnc2C(C)C)c2c3cc(ccc31)-c1cc(O)cc(c1)C[C@H](NC(=O)[C@H](C(C)C)N(C)C(=O)CN(C)C(=O)[C@H]1C[C@@H]3N[C@@H]3C1)C(=O)N1CCC[C@H](N1)C(=O)OCC(C)(C)C2. The first kappa shape index (κ1) is 47.7. The van der Waals surface area contributed by atoms with Crippen molar-refractivity contribution in [1.29, 1.82) is 0 Å². The number of hydrogen-bond donors (Lipinski definition) is 4. The van der Waals surface area contributed by atoms with Gasteiger partial charge in [0.2, 0.25) is 17.7 Å². The summed E-state index contributed by atoms with van der Waals surface area (Å²) in [5, 5.41) is 20.1. The Hall–Kier alpha value is -5.80. The number of phenols is 1. The van der Waals surface area contributed by atoms with Gasteiger partial charge in [0.1, 0.15) is 23.9 Å². The minimum absolute atomic E-state index is 0.00140. The molecule has 4 aromatic rings. The maximum absolute atomic E-state index is 14.7. The zero-order valence-corrected chi connectivity index (χ0v) is 40.5. The molecule has 2 aromatic carbocycles. The highest BCUT2D eigenvalue weighted by molar-refractivity contribution is 5.96. The number of carbonyl (C=O) groups is 5. The number of aromatic hydroxyl groups is 1. The van der Waals surface area contributed by atoms with E-state index in [1.807, 2.05) is 38.2 Å². The Balaban J connectivity index is 1.16. The normalized spacial score (nSPS) is 23.1. The van der Waals surface area contributed by atoms with Crippen molar-refractivity contribution in [2.75, 3.05) is 33.8 Å². The van der Waals surface area contributed by atoms with E-state index in [0.717, 1.165) is 57.4 Å². The van der Waals surface area contributed by atoms with Gasteiger partial charge in [0.05, 0.1) is 24.5 Å². The fourth-order valence-corrected chi connectivity index (χ4v) is 10.7. The van der Waals surface area contributed by atoms with Gasteiger partial charge in [-0.1, -0.05) is 53.7 Å². The first-order valence-electron chi connectivity index (χ1n) is 24.1. The number of rotatable bonds is 10. The third kappa shape index (κ3) is 9.94. The summed E-state index contributed by atoms with van der Waals surface area (Å²) in [6, 6.07) is 13.4. The second kappa shape index (κ2) is 19.1. The van der Waals surface area contributed by atoms with Crippen molar-refractivity contribution in [3.8, 4) is 28.1 Å². The smallest absolute Gasteiger partial charge is 0.324 e. The standard InChI is InChI=1S/C52H68N8O7/c1-10-59-43-16-15-32-23-37(43)38(47(59)36-13-11-17-53-45(36)29(2)3)26-52(6,7)28-67-51(66)39-14-12-18-60(56-39)50(65)42(21-31-19-33(32)22-35(61)20-31)55-48(63)46(30(4)5)58(9)44(62)27-57(8)49(64)34-24-40-41(25-34)54-40/h11,13,15-17,19-20,22-23,29-30,34,39-42,46,54,56,61H,10,12,14,18,21,24-28H2,1-9H3,(H,55,63)/t34-,39-,40-,41+,42-,46-/m0/s1. The van der Waals surface area contributed by atoms with E-state index in [2.05, 4.69) is 73.4 Å². The van der Waals surface area contributed by atoms with Gasteiger partial charge in [-0.2, -0.15) is 0 Å². The topological polar surface area (TPSA) is 188 Å². The number of cyclic esters (lactones) is 1. The van der Waals surface area contributed by atoms with E-state index in [-0.39, 0.29) is 55.5 Å². The number of hydrazine groups is 1. The quantitative estimate of drug-likeness (QED) is 0.116. The zero-order valence-electron chi connectivity index (χ0n) is 40.5. The van der Waals surface area contributed by atoms with Crippen LogP contribution in [0.2, 0.25) is 0 Å². The largest absolute Gasteiger partial charge is 0.508 e. The Morgan fingerprint density at radius 3 is 2.46 bits per heavy atom. The van der Waals surface area contributed by atoms with E-state index in [0.29, 0.717) is 43.5 Å². The van der Waals surface area contributed by atoms with E-state index in [1.165, 1.54) is 14.8 Å². The summed E-state index contributed by atoms with van der Waals surface area (Å²) >= 11 is 0. The van der Waals surface area contributed by atoms with Crippen molar-refractivity contribution in [3.05, 3.63) is 71.5 Å². The summed E-state index contributed by atoms with van der Waals surface area (Å²) in [6.07, 6.45) is 4.88. The number of nitrogens with one attached hydrogen (secondary N) is 3. The molecule has 15 nitrogen and oxygen atoms in total. The number of phenolic OH excluding ortho intramolecular Hbond substituents is 1. The number of amides is 4. The Kier molecular flexibility index (Phi) is 13.6. The summed E-state index contributed by atoms with van der Waals surface area (Å²) in [5.41, 5.74) is 10.1. The highest BCUT2D eigenvalue weighted by atomic mass is 16.5. The minimum atomic E-state index is -1.16. The van der Waals surface area contributed by atoms with Crippen molar-refractivity contribution >= 4 is 40.5 Å². The number of piperidine rings is 1. The monoisotopic (exact) mass is 917 g/mol. The minimum Gasteiger partial charge on any atom is -0.508 e. The second-order valence-corrected chi connectivity index (χ2v) is 20.7. The third-order valence-corrected chi connectivity index (χ3v) is 14.2. The number of benzene rings is 2. The van der Waals surface area contributed by atoms with Crippen LogP contribution < -0.4 is 16.1 Å². The summed E-state index contributed by atoms with van der Waals surface area (Å²) in [6.45, 7) is 15.2. The molecule has 0 spiro atoms. The number of pyridine rings is 1. The number of hydrogen-bond acceptors (Lipinski definition) is 10. The van der Waals surface area contributed by atoms with Crippen LogP contribution in [0, 0.1) is 17.3 Å². The number of likely N-dealkylation sites (N-methyl/N-ethyl adjacent to an activating group) is 2.